The molecule has 102 valence electrons. The van der Waals surface area contributed by atoms with Crippen molar-refractivity contribution in [3.63, 3.8) is 0 Å². The molecule has 1 atom stereocenters. The summed E-state index contributed by atoms with van der Waals surface area (Å²) < 4.78 is 4.10. The highest BCUT2D eigenvalue weighted by Gasteiger charge is 2.14. The molecule has 1 unspecified atom stereocenters. The van der Waals surface area contributed by atoms with Crippen molar-refractivity contribution in [2.45, 2.75) is 32.9 Å². The summed E-state index contributed by atoms with van der Waals surface area (Å²) in [6.45, 7) is 4.98. The van der Waals surface area contributed by atoms with Gasteiger partial charge in [-0.2, -0.15) is 5.10 Å². The lowest BCUT2D eigenvalue weighted by Gasteiger charge is -2.15. The van der Waals surface area contributed by atoms with Gasteiger partial charge in [0, 0.05) is 33.6 Å². The Labute approximate surface area is 130 Å². The standard InChI is InChI=1S/C14H17Br2N3/c1-3-19-11(6-9(2)18-19)8-14(17)12-5-4-10(15)7-13(12)16/h4-7,14H,3,8,17H2,1-2H3. The molecule has 1 aromatic heterocycles. The first-order chi connectivity index (χ1) is 9.01. The lowest BCUT2D eigenvalue weighted by Crippen LogP contribution is -2.16. The minimum atomic E-state index is -0.0381. The van der Waals surface area contributed by atoms with Crippen molar-refractivity contribution < 1.29 is 0 Å². The zero-order valence-corrected chi connectivity index (χ0v) is 14.2. The largest absolute Gasteiger partial charge is 0.324 e. The van der Waals surface area contributed by atoms with E-state index < -0.39 is 0 Å². The van der Waals surface area contributed by atoms with E-state index in [0.29, 0.717) is 0 Å². The molecule has 0 aliphatic carbocycles. The Morgan fingerprint density at radius 3 is 2.68 bits per heavy atom. The van der Waals surface area contributed by atoms with Crippen LogP contribution in [0.2, 0.25) is 0 Å². The molecule has 0 aliphatic heterocycles. The second-order valence-electron chi connectivity index (χ2n) is 4.57. The van der Waals surface area contributed by atoms with Gasteiger partial charge in [-0.05, 0) is 37.6 Å². The van der Waals surface area contributed by atoms with E-state index in [4.69, 9.17) is 5.73 Å². The van der Waals surface area contributed by atoms with Crippen molar-refractivity contribution in [1.82, 2.24) is 9.78 Å². The van der Waals surface area contributed by atoms with Crippen LogP contribution >= 0.6 is 31.9 Å². The summed E-state index contributed by atoms with van der Waals surface area (Å²) >= 11 is 7.02. The lowest BCUT2D eigenvalue weighted by atomic mass is 10.0. The van der Waals surface area contributed by atoms with Crippen LogP contribution in [0.15, 0.2) is 33.2 Å². The van der Waals surface area contributed by atoms with Crippen LogP contribution in [0, 0.1) is 6.92 Å². The number of halogens is 2. The molecule has 0 saturated carbocycles. The SMILES string of the molecule is CCn1nc(C)cc1CC(N)c1ccc(Br)cc1Br. The molecule has 0 amide bonds. The molecule has 3 nitrogen and oxygen atoms in total. The number of hydrogen-bond donors (Lipinski definition) is 1. The van der Waals surface area contributed by atoms with Crippen LogP contribution in [-0.2, 0) is 13.0 Å². The van der Waals surface area contributed by atoms with Crippen LogP contribution in [0.1, 0.15) is 29.9 Å². The summed E-state index contributed by atoms with van der Waals surface area (Å²) in [6, 6.07) is 8.16. The molecule has 0 radical (unpaired) electrons. The first-order valence-corrected chi connectivity index (χ1v) is 7.83. The van der Waals surface area contributed by atoms with Crippen molar-refractivity contribution in [1.29, 1.82) is 0 Å². The Morgan fingerprint density at radius 2 is 2.05 bits per heavy atom. The van der Waals surface area contributed by atoms with E-state index in [1.165, 1.54) is 5.69 Å². The highest BCUT2D eigenvalue weighted by molar-refractivity contribution is 9.11. The summed E-state index contributed by atoms with van der Waals surface area (Å²) in [7, 11) is 0. The van der Waals surface area contributed by atoms with Gasteiger partial charge in [-0.3, -0.25) is 4.68 Å². The van der Waals surface area contributed by atoms with E-state index in [1.807, 2.05) is 23.7 Å². The van der Waals surface area contributed by atoms with Crippen LogP contribution in [0.5, 0.6) is 0 Å². The Morgan fingerprint density at radius 1 is 1.32 bits per heavy atom. The van der Waals surface area contributed by atoms with Gasteiger partial charge in [-0.25, -0.2) is 0 Å². The van der Waals surface area contributed by atoms with Crippen LogP contribution in [-0.4, -0.2) is 9.78 Å². The maximum absolute atomic E-state index is 6.32. The number of nitrogens with two attached hydrogens (primary N) is 1. The molecule has 5 heteroatoms. The summed E-state index contributed by atoms with van der Waals surface area (Å²) in [6.07, 6.45) is 0.787. The molecular weight excluding hydrogens is 370 g/mol. The number of rotatable bonds is 4. The average molecular weight is 387 g/mol. The van der Waals surface area contributed by atoms with E-state index in [1.54, 1.807) is 0 Å². The Balaban J connectivity index is 2.22. The fourth-order valence-electron chi connectivity index (χ4n) is 2.17. The molecule has 0 fully saturated rings. The smallest absolute Gasteiger partial charge is 0.0596 e. The van der Waals surface area contributed by atoms with Gasteiger partial charge in [0.1, 0.15) is 0 Å². The topological polar surface area (TPSA) is 43.8 Å². The number of nitrogens with zero attached hydrogens (tertiary/aromatic N) is 2. The normalized spacial score (nSPS) is 12.7. The zero-order valence-electron chi connectivity index (χ0n) is 11.0. The fraction of sp³-hybridized carbons (Fsp3) is 0.357. The molecule has 0 saturated heterocycles. The number of hydrogen-bond acceptors (Lipinski definition) is 2. The van der Waals surface area contributed by atoms with E-state index in [9.17, 15) is 0 Å². The molecule has 2 aromatic rings. The van der Waals surface area contributed by atoms with Crippen LogP contribution in [0.3, 0.4) is 0 Å². The van der Waals surface area contributed by atoms with Crippen LogP contribution in [0.25, 0.3) is 0 Å². The van der Waals surface area contributed by atoms with Crippen LogP contribution in [0.4, 0.5) is 0 Å². The Kier molecular flexibility index (Phi) is 4.81. The quantitative estimate of drug-likeness (QED) is 0.863. The van der Waals surface area contributed by atoms with E-state index >= 15 is 0 Å². The van der Waals surface area contributed by atoms with E-state index in [2.05, 4.69) is 56.0 Å². The minimum absolute atomic E-state index is 0.0381. The molecule has 2 rings (SSSR count). The van der Waals surface area contributed by atoms with Crippen LogP contribution < -0.4 is 5.73 Å². The summed E-state index contributed by atoms with van der Waals surface area (Å²) in [5.41, 5.74) is 9.66. The molecular formula is C14H17Br2N3. The van der Waals surface area contributed by atoms with Gasteiger partial charge in [0.05, 0.1) is 5.69 Å². The van der Waals surface area contributed by atoms with E-state index in [-0.39, 0.29) is 6.04 Å². The highest BCUT2D eigenvalue weighted by atomic mass is 79.9. The van der Waals surface area contributed by atoms with Gasteiger partial charge < -0.3 is 5.73 Å². The predicted octanol–water partition coefficient (Wildman–Crippen LogP) is 3.98. The van der Waals surface area contributed by atoms with Gasteiger partial charge in [-0.1, -0.05) is 37.9 Å². The molecule has 19 heavy (non-hydrogen) atoms. The third-order valence-electron chi connectivity index (χ3n) is 3.08. The van der Waals surface area contributed by atoms with Gasteiger partial charge in [-0.15, -0.1) is 0 Å². The summed E-state index contributed by atoms with van der Waals surface area (Å²) in [4.78, 5) is 0. The van der Waals surface area contributed by atoms with Crippen molar-refractivity contribution in [3.05, 3.63) is 50.2 Å². The average Bonchev–Trinajstić information content (AvgIpc) is 2.69. The second-order valence-corrected chi connectivity index (χ2v) is 6.34. The molecule has 0 spiro atoms. The molecule has 1 heterocycles. The number of benzene rings is 1. The van der Waals surface area contributed by atoms with E-state index in [0.717, 1.165) is 33.2 Å². The maximum Gasteiger partial charge on any atom is 0.0596 e. The first kappa shape index (κ1) is 14.8. The third kappa shape index (κ3) is 3.46. The molecule has 0 bridgehead atoms. The summed E-state index contributed by atoms with van der Waals surface area (Å²) in [5.74, 6) is 0. The first-order valence-electron chi connectivity index (χ1n) is 6.25. The number of aromatic nitrogens is 2. The van der Waals surface area contributed by atoms with Crippen molar-refractivity contribution in [3.8, 4) is 0 Å². The number of aryl methyl sites for hydroxylation is 2. The monoisotopic (exact) mass is 385 g/mol. The lowest BCUT2D eigenvalue weighted by molar-refractivity contribution is 0.586. The van der Waals surface area contributed by atoms with Gasteiger partial charge in [0.25, 0.3) is 0 Å². The molecule has 2 N–H and O–H groups in total. The maximum atomic E-state index is 6.32. The Hall–Kier alpha value is -0.650. The van der Waals surface area contributed by atoms with Gasteiger partial charge in [0.15, 0.2) is 0 Å². The highest BCUT2D eigenvalue weighted by Crippen LogP contribution is 2.27. The zero-order chi connectivity index (χ0) is 14.0. The van der Waals surface area contributed by atoms with Crippen molar-refractivity contribution in [2.75, 3.05) is 0 Å². The summed E-state index contributed by atoms with van der Waals surface area (Å²) in [5, 5.41) is 4.45. The predicted molar refractivity (Wildman–Crippen MR) is 85.1 cm³/mol. The molecule has 1 aromatic carbocycles. The Bertz CT molecular complexity index is 578. The minimum Gasteiger partial charge on any atom is -0.324 e. The van der Waals surface area contributed by atoms with Crippen molar-refractivity contribution in [2.24, 2.45) is 5.73 Å². The van der Waals surface area contributed by atoms with Gasteiger partial charge >= 0.3 is 0 Å². The molecule has 0 aliphatic rings. The van der Waals surface area contributed by atoms with Crippen molar-refractivity contribution >= 4 is 31.9 Å². The van der Waals surface area contributed by atoms with Gasteiger partial charge in [0.2, 0.25) is 0 Å². The third-order valence-corrected chi connectivity index (χ3v) is 4.26. The fourth-order valence-corrected chi connectivity index (χ4v) is 3.52. The second kappa shape index (κ2) is 6.20.